The second-order valence-corrected chi connectivity index (χ2v) is 7.35. The van der Waals surface area contributed by atoms with Gasteiger partial charge < -0.3 is 23.7 Å². The van der Waals surface area contributed by atoms with Crippen molar-refractivity contribution in [2.24, 2.45) is 0 Å². The standard InChI is InChI=1S/C25H18F3NO6/c1-31-24(30)23(35-20-5-3-2-4-16(20)12-29)18-11-17(7-8-19(18)25(26,27)28)32-13-15-6-9-21-22(10-15)34-14-33-21/h2-11,23H,13-14H2,1H3. The molecule has 1 heterocycles. The summed E-state index contributed by atoms with van der Waals surface area (Å²) in [5.74, 6) is 0.0499. The van der Waals surface area contributed by atoms with Gasteiger partial charge in [0.15, 0.2) is 11.5 Å². The molecule has 1 aliphatic heterocycles. The van der Waals surface area contributed by atoms with E-state index >= 15 is 0 Å². The number of hydrogen-bond acceptors (Lipinski definition) is 7. The molecule has 3 aromatic carbocycles. The van der Waals surface area contributed by atoms with Crippen LogP contribution in [0.2, 0.25) is 0 Å². The van der Waals surface area contributed by atoms with E-state index in [2.05, 4.69) is 0 Å². The van der Waals surface area contributed by atoms with E-state index < -0.39 is 29.4 Å². The van der Waals surface area contributed by atoms with Gasteiger partial charge in [0, 0.05) is 5.56 Å². The summed E-state index contributed by atoms with van der Waals surface area (Å²) in [6, 6.07) is 15.9. The number of nitrogens with zero attached hydrogens (tertiary/aromatic N) is 1. The van der Waals surface area contributed by atoms with Crippen LogP contribution < -0.4 is 18.9 Å². The van der Waals surface area contributed by atoms with Gasteiger partial charge in [-0.25, -0.2) is 4.79 Å². The number of benzene rings is 3. The van der Waals surface area contributed by atoms with Crippen LogP contribution in [0.1, 0.15) is 28.4 Å². The van der Waals surface area contributed by atoms with E-state index in [0.717, 1.165) is 25.3 Å². The van der Waals surface area contributed by atoms with E-state index in [1.807, 2.05) is 6.07 Å². The summed E-state index contributed by atoms with van der Waals surface area (Å²) in [5, 5.41) is 9.30. The molecule has 0 aliphatic carbocycles. The first-order valence-electron chi connectivity index (χ1n) is 10.3. The highest BCUT2D eigenvalue weighted by Crippen LogP contribution is 2.39. The van der Waals surface area contributed by atoms with Crippen LogP contribution in [0.15, 0.2) is 60.7 Å². The fourth-order valence-electron chi connectivity index (χ4n) is 3.44. The third-order valence-corrected chi connectivity index (χ3v) is 5.12. The van der Waals surface area contributed by atoms with Crippen molar-refractivity contribution in [2.75, 3.05) is 13.9 Å². The molecule has 0 N–H and O–H groups in total. The zero-order chi connectivity index (χ0) is 25.0. The lowest BCUT2D eigenvalue weighted by molar-refractivity contribution is -0.151. The molecule has 10 heteroatoms. The molecule has 3 aromatic rings. The molecule has 4 rings (SSSR count). The molecule has 0 bridgehead atoms. The van der Waals surface area contributed by atoms with Crippen LogP contribution in [0.3, 0.4) is 0 Å². The van der Waals surface area contributed by atoms with Crippen molar-refractivity contribution in [3.63, 3.8) is 0 Å². The fourth-order valence-corrected chi connectivity index (χ4v) is 3.44. The Labute approximate surface area is 198 Å². The quantitative estimate of drug-likeness (QED) is 0.426. The van der Waals surface area contributed by atoms with Crippen LogP contribution in [-0.2, 0) is 22.3 Å². The Hall–Kier alpha value is -4.39. The Bertz CT molecular complexity index is 1280. The van der Waals surface area contributed by atoms with Crippen molar-refractivity contribution in [3.05, 3.63) is 82.9 Å². The van der Waals surface area contributed by atoms with Crippen LogP contribution in [0.5, 0.6) is 23.0 Å². The minimum Gasteiger partial charge on any atom is -0.489 e. The number of nitriles is 1. The van der Waals surface area contributed by atoms with Crippen molar-refractivity contribution in [1.82, 2.24) is 0 Å². The SMILES string of the molecule is COC(=O)C(Oc1ccccc1C#N)c1cc(OCc2ccc3c(c2)OCO3)ccc1C(F)(F)F. The number of alkyl halides is 3. The number of carbonyl (C=O) groups excluding carboxylic acids is 1. The second kappa shape index (κ2) is 9.85. The molecule has 0 amide bonds. The molecule has 1 aliphatic rings. The van der Waals surface area contributed by atoms with Gasteiger partial charge in [0.25, 0.3) is 0 Å². The topological polar surface area (TPSA) is 87.0 Å². The first-order chi connectivity index (χ1) is 16.8. The first kappa shape index (κ1) is 23.8. The van der Waals surface area contributed by atoms with Crippen molar-refractivity contribution in [2.45, 2.75) is 18.9 Å². The van der Waals surface area contributed by atoms with Crippen molar-refractivity contribution >= 4 is 5.97 Å². The molecule has 0 radical (unpaired) electrons. The van der Waals surface area contributed by atoms with E-state index in [1.54, 1.807) is 24.3 Å². The molecule has 0 fully saturated rings. The van der Waals surface area contributed by atoms with Crippen molar-refractivity contribution in [3.8, 4) is 29.1 Å². The Kier molecular flexibility index (Phi) is 6.68. The van der Waals surface area contributed by atoms with Gasteiger partial charge in [0.05, 0.1) is 18.2 Å². The van der Waals surface area contributed by atoms with Gasteiger partial charge in [0.2, 0.25) is 12.9 Å². The van der Waals surface area contributed by atoms with Crippen LogP contribution in [0.25, 0.3) is 0 Å². The Morgan fingerprint density at radius 1 is 1.09 bits per heavy atom. The van der Waals surface area contributed by atoms with Crippen LogP contribution in [-0.4, -0.2) is 19.9 Å². The summed E-state index contributed by atoms with van der Waals surface area (Å²) >= 11 is 0. The molecule has 180 valence electrons. The van der Waals surface area contributed by atoms with E-state index in [4.69, 9.17) is 23.7 Å². The highest BCUT2D eigenvalue weighted by molar-refractivity contribution is 5.78. The van der Waals surface area contributed by atoms with Crippen LogP contribution in [0, 0.1) is 11.3 Å². The molecule has 0 saturated carbocycles. The normalized spacial score (nSPS) is 13.0. The van der Waals surface area contributed by atoms with Crippen molar-refractivity contribution in [1.29, 1.82) is 5.26 Å². The Morgan fingerprint density at radius 3 is 2.60 bits per heavy atom. The lowest BCUT2D eigenvalue weighted by atomic mass is 10.0. The van der Waals surface area contributed by atoms with Gasteiger partial charge in [-0.1, -0.05) is 18.2 Å². The van der Waals surface area contributed by atoms with E-state index in [-0.39, 0.29) is 30.5 Å². The number of rotatable bonds is 7. The second-order valence-electron chi connectivity index (χ2n) is 7.35. The molecule has 7 nitrogen and oxygen atoms in total. The summed E-state index contributed by atoms with van der Waals surface area (Å²) < 4.78 is 68.1. The predicted octanol–water partition coefficient (Wildman–Crippen LogP) is 5.18. The monoisotopic (exact) mass is 485 g/mol. The zero-order valence-corrected chi connectivity index (χ0v) is 18.3. The largest absolute Gasteiger partial charge is 0.489 e. The molecular formula is C25H18F3NO6. The Balaban J connectivity index is 1.67. The van der Waals surface area contributed by atoms with E-state index in [0.29, 0.717) is 17.1 Å². The average Bonchev–Trinajstić information content (AvgIpc) is 3.33. The summed E-state index contributed by atoms with van der Waals surface area (Å²) in [6.45, 7) is 0.119. The summed E-state index contributed by atoms with van der Waals surface area (Å²) in [7, 11) is 1.03. The lowest BCUT2D eigenvalue weighted by Crippen LogP contribution is -2.24. The maximum atomic E-state index is 13.8. The number of methoxy groups -OCH3 is 1. The summed E-state index contributed by atoms with van der Waals surface area (Å²) in [5.41, 5.74) is -0.873. The number of ether oxygens (including phenoxy) is 5. The number of carbonyl (C=O) groups is 1. The minimum atomic E-state index is -4.80. The molecule has 0 saturated heterocycles. The van der Waals surface area contributed by atoms with E-state index in [1.165, 1.54) is 18.2 Å². The maximum Gasteiger partial charge on any atom is 0.416 e. The average molecular weight is 485 g/mol. The molecule has 1 unspecified atom stereocenters. The smallest absolute Gasteiger partial charge is 0.416 e. The van der Waals surface area contributed by atoms with Crippen molar-refractivity contribution < 1.29 is 41.7 Å². The van der Waals surface area contributed by atoms with E-state index in [9.17, 15) is 23.2 Å². The van der Waals surface area contributed by atoms with Gasteiger partial charge in [-0.2, -0.15) is 18.4 Å². The minimum absolute atomic E-state index is 0.0163. The molecule has 1 atom stereocenters. The number of para-hydroxylation sites is 1. The highest BCUT2D eigenvalue weighted by Gasteiger charge is 2.39. The van der Waals surface area contributed by atoms with Gasteiger partial charge >= 0.3 is 12.1 Å². The molecule has 0 spiro atoms. The summed E-state index contributed by atoms with van der Waals surface area (Å²) in [4.78, 5) is 12.5. The third-order valence-electron chi connectivity index (χ3n) is 5.12. The zero-order valence-electron chi connectivity index (χ0n) is 18.3. The molecule has 0 aromatic heterocycles. The van der Waals surface area contributed by atoms with Gasteiger partial charge in [-0.15, -0.1) is 0 Å². The summed E-state index contributed by atoms with van der Waals surface area (Å²) in [6.07, 6.45) is -6.60. The van der Waals surface area contributed by atoms with Crippen LogP contribution >= 0.6 is 0 Å². The van der Waals surface area contributed by atoms with Gasteiger partial charge in [0.1, 0.15) is 24.2 Å². The molecular weight excluding hydrogens is 467 g/mol. The van der Waals surface area contributed by atoms with Gasteiger partial charge in [-0.05, 0) is 48.0 Å². The maximum absolute atomic E-state index is 13.8. The third kappa shape index (κ3) is 5.24. The predicted molar refractivity (Wildman–Crippen MR) is 115 cm³/mol. The van der Waals surface area contributed by atoms with Gasteiger partial charge in [-0.3, -0.25) is 0 Å². The number of hydrogen-bond donors (Lipinski definition) is 0. The number of esters is 1. The first-order valence-corrected chi connectivity index (χ1v) is 10.3. The Morgan fingerprint density at radius 2 is 1.86 bits per heavy atom. The molecule has 35 heavy (non-hydrogen) atoms. The number of fused-ring (bicyclic) bond motifs is 1. The number of halogens is 3. The van der Waals surface area contributed by atoms with Crippen LogP contribution in [0.4, 0.5) is 13.2 Å². The highest BCUT2D eigenvalue weighted by atomic mass is 19.4. The fraction of sp³-hybridized carbons (Fsp3) is 0.200. The lowest BCUT2D eigenvalue weighted by Gasteiger charge is -2.22.